The zero-order chi connectivity index (χ0) is 22.2. The number of methoxy groups -OCH3 is 1. The molecule has 0 aliphatic carbocycles. The highest BCUT2D eigenvalue weighted by Gasteiger charge is 2.22. The van der Waals surface area contributed by atoms with E-state index in [1.165, 1.54) is 5.56 Å². The van der Waals surface area contributed by atoms with Crippen molar-refractivity contribution >= 4 is 28.4 Å². The molecule has 1 aliphatic heterocycles. The molecule has 2 N–H and O–H groups in total. The minimum atomic E-state index is 0.0906. The minimum absolute atomic E-state index is 0.0906. The number of likely N-dealkylation sites (N-methyl/N-ethyl adjacent to an activating group) is 1. The van der Waals surface area contributed by atoms with E-state index in [2.05, 4.69) is 66.3 Å². The van der Waals surface area contributed by atoms with Crippen LogP contribution in [-0.2, 0) is 13.0 Å². The summed E-state index contributed by atoms with van der Waals surface area (Å²) >= 11 is 0. The fourth-order valence-corrected chi connectivity index (χ4v) is 3.50. The Labute approximate surface area is 183 Å². The number of fused-ring (bicyclic) bond motifs is 2. The summed E-state index contributed by atoms with van der Waals surface area (Å²) in [4.78, 5) is 20.8. The maximum atomic E-state index is 5.54. The summed E-state index contributed by atoms with van der Waals surface area (Å²) in [5.74, 6) is 1.79. The largest absolute Gasteiger partial charge is 0.480 e. The summed E-state index contributed by atoms with van der Waals surface area (Å²) in [5.41, 5.74) is 3.92. The van der Waals surface area contributed by atoms with E-state index in [4.69, 9.17) is 14.7 Å². The van der Waals surface area contributed by atoms with Gasteiger partial charge < -0.3 is 20.3 Å². The lowest BCUT2D eigenvalue weighted by atomic mass is 9.88. The Balaban J connectivity index is 1.68. The van der Waals surface area contributed by atoms with Crippen LogP contribution < -0.4 is 15.4 Å². The Hall–Kier alpha value is -3.00. The molecule has 3 aromatic rings. The van der Waals surface area contributed by atoms with Crippen molar-refractivity contribution < 1.29 is 4.74 Å². The Kier molecular flexibility index (Phi) is 5.66. The number of anilines is 3. The lowest BCUT2D eigenvalue weighted by Crippen LogP contribution is -2.31. The second kappa shape index (κ2) is 8.26. The van der Waals surface area contributed by atoms with Crippen molar-refractivity contribution in [3.63, 3.8) is 0 Å². The van der Waals surface area contributed by atoms with Gasteiger partial charge in [0.25, 0.3) is 0 Å². The molecule has 3 aromatic heterocycles. The number of nitrogens with one attached hydrogen (secondary N) is 2. The van der Waals surface area contributed by atoms with Crippen molar-refractivity contribution in [2.75, 3.05) is 31.3 Å². The quantitative estimate of drug-likeness (QED) is 0.639. The van der Waals surface area contributed by atoms with Gasteiger partial charge in [-0.2, -0.15) is 0 Å². The summed E-state index contributed by atoms with van der Waals surface area (Å²) in [6.07, 6.45) is 4.51. The molecule has 164 valence electrons. The van der Waals surface area contributed by atoms with Crippen LogP contribution in [0, 0.1) is 5.41 Å². The van der Waals surface area contributed by atoms with Crippen LogP contribution in [0.5, 0.6) is 5.88 Å². The van der Waals surface area contributed by atoms with Gasteiger partial charge in [-0.1, -0.05) is 20.8 Å². The normalized spacial score (nSPS) is 15.4. The van der Waals surface area contributed by atoms with Gasteiger partial charge in [0, 0.05) is 43.3 Å². The predicted octanol–water partition coefficient (Wildman–Crippen LogP) is 4.01. The molecule has 0 unspecified atom stereocenters. The molecular formula is C23H31N7O. The van der Waals surface area contributed by atoms with E-state index >= 15 is 0 Å². The molecule has 31 heavy (non-hydrogen) atoms. The average molecular weight is 422 g/mol. The van der Waals surface area contributed by atoms with Gasteiger partial charge in [0.1, 0.15) is 11.2 Å². The topological polar surface area (TPSA) is 88.1 Å². The monoisotopic (exact) mass is 421 g/mol. The maximum absolute atomic E-state index is 5.54. The number of aromatic nitrogens is 4. The molecule has 8 heteroatoms. The summed E-state index contributed by atoms with van der Waals surface area (Å²) in [5, 5.41) is 7.75. The number of hydrogen-bond acceptors (Lipinski definition) is 8. The highest BCUT2D eigenvalue weighted by molar-refractivity contribution is 5.88. The molecule has 0 aromatic carbocycles. The Morgan fingerprint density at radius 2 is 2.00 bits per heavy atom. The first-order valence-corrected chi connectivity index (χ1v) is 10.6. The first kappa shape index (κ1) is 21.2. The van der Waals surface area contributed by atoms with Crippen LogP contribution in [0.2, 0.25) is 0 Å². The van der Waals surface area contributed by atoms with E-state index in [1.54, 1.807) is 13.3 Å². The van der Waals surface area contributed by atoms with E-state index in [9.17, 15) is 0 Å². The van der Waals surface area contributed by atoms with E-state index < -0.39 is 0 Å². The van der Waals surface area contributed by atoms with Crippen molar-refractivity contribution in [3.8, 4) is 5.88 Å². The summed E-state index contributed by atoms with van der Waals surface area (Å²) in [6, 6.07) is 4.23. The molecule has 0 saturated heterocycles. The molecule has 0 saturated carbocycles. The van der Waals surface area contributed by atoms with Crippen LogP contribution in [-0.4, -0.2) is 51.6 Å². The number of rotatable bonds is 5. The standard InChI is InChI=1S/C23H31N7O/c1-14(23(2,3)4)26-20-19-15(7-9-24-20)12-25-22(29-19)28-18-11-16-13-30(5)10-8-17(16)27-21(18)31-6/h7,9,11-12,14H,8,10,13H2,1-6H3,(H,24,26)(H,25,28,29)/t14-/m0/s1. The SMILES string of the molecule is COc1nc2c(cc1Nc1ncc3ccnc(N[C@@H](C)C(C)(C)C)c3n1)CN(C)CC2. The van der Waals surface area contributed by atoms with Crippen LogP contribution in [0.1, 0.15) is 39.0 Å². The van der Waals surface area contributed by atoms with Gasteiger partial charge in [-0.15, -0.1) is 0 Å². The van der Waals surface area contributed by atoms with Gasteiger partial charge in [-0.05, 0) is 37.1 Å². The summed E-state index contributed by atoms with van der Waals surface area (Å²) in [7, 11) is 3.75. The van der Waals surface area contributed by atoms with Gasteiger partial charge >= 0.3 is 0 Å². The number of ether oxygens (including phenoxy) is 1. The first-order valence-electron chi connectivity index (χ1n) is 10.6. The van der Waals surface area contributed by atoms with E-state index in [0.717, 1.165) is 47.6 Å². The zero-order valence-electron chi connectivity index (χ0n) is 19.2. The number of pyridine rings is 2. The average Bonchev–Trinajstić information content (AvgIpc) is 2.73. The van der Waals surface area contributed by atoms with Crippen molar-refractivity contribution in [1.29, 1.82) is 0 Å². The lowest BCUT2D eigenvalue weighted by molar-refractivity contribution is 0.307. The van der Waals surface area contributed by atoms with Gasteiger partial charge in [0.15, 0.2) is 5.82 Å². The van der Waals surface area contributed by atoms with Crippen molar-refractivity contribution in [3.05, 3.63) is 35.8 Å². The molecular weight excluding hydrogens is 390 g/mol. The highest BCUT2D eigenvalue weighted by atomic mass is 16.5. The predicted molar refractivity (Wildman–Crippen MR) is 124 cm³/mol. The second-order valence-corrected chi connectivity index (χ2v) is 9.29. The van der Waals surface area contributed by atoms with Gasteiger partial charge in [0.05, 0.1) is 12.8 Å². The molecule has 1 aliphatic rings. The fraction of sp³-hybridized carbons (Fsp3) is 0.478. The molecule has 8 nitrogen and oxygen atoms in total. The van der Waals surface area contributed by atoms with Crippen LogP contribution >= 0.6 is 0 Å². The third kappa shape index (κ3) is 4.54. The van der Waals surface area contributed by atoms with Crippen LogP contribution in [0.25, 0.3) is 10.9 Å². The van der Waals surface area contributed by atoms with Crippen LogP contribution in [0.3, 0.4) is 0 Å². The molecule has 0 spiro atoms. The van der Waals surface area contributed by atoms with Crippen molar-refractivity contribution in [2.24, 2.45) is 5.41 Å². The van der Waals surface area contributed by atoms with Crippen LogP contribution in [0.15, 0.2) is 24.5 Å². The van der Waals surface area contributed by atoms with Gasteiger partial charge in [0.2, 0.25) is 11.8 Å². The van der Waals surface area contributed by atoms with E-state index in [-0.39, 0.29) is 11.5 Å². The fourth-order valence-electron chi connectivity index (χ4n) is 3.50. The Bertz CT molecular complexity index is 1090. The second-order valence-electron chi connectivity index (χ2n) is 9.29. The highest BCUT2D eigenvalue weighted by Crippen LogP contribution is 2.31. The summed E-state index contributed by atoms with van der Waals surface area (Å²) < 4.78 is 5.54. The molecule has 4 heterocycles. The molecule has 0 amide bonds. The number of hydrogen-bond donors (Lipinski definition) is 2. The minimum Gasteiger partial charge on any atom is -0.480 e. The Morgan fingerprint density at radius 3 is 2.74 bits per heavy atom. The maximum Gasteiger partial charge on any atom is 0.237 e. The third-order valence-electron chi connectivity index (χ3n) is 5.92. The van der Waals surface area contributed by atoms with Crippen molar-refractivity contribution in [2.45, 2.75) is 46.7 Å². The summed E-state index contributed by atoms with van der Waals surface area (Å²) in [6.45, 7) is 10.6. The van der Waals surface area contributed by atoms with Gasteiger partial charge in [-0.3, -0.25) is 0 Å². The lowest BCUT2D eigenvalue weighted by Gasteiger charge is -2.28. The Morgan fingerprint density at radius 1 is 1.19 bits per heavy atom. The first-order chi connectivity index (χ1) is 14.7. The van der Waals surface area contributed by atoms with E-state index in [0.29, 0.717) is 11.8 Å². The molecule has 4 rings (SSSR count). The number of nitrogens with zero attached hydrogens (tertiary/aromatic N) is 5. The van der Waals surface area contributed by atoms with Crippen LogP contribution in [0.4, 0.5) is 17.5 Å². The third-order valence-corrected chi connectivity index (χ3v) is 5.92. The zero-order valence-corrected chi connectivity index (χ0v) is 19.2. The molecule has 1 atom stereocenters. The van der Waals surface area contributed by atoms with E-state index in [1.807, 2.05) is 12.3 Å². The van der Waals surface area contributed by atoms with Crippen molar-refractivity contribution in [1.82, 2.24) is 24.8 Å². The molecule has 0 fully saturated rings. The molecule has 0 bridgehead atoms. The smallest absolute Gasteiger partial charge is 0.237 e. The molecule has 0 radical (unpaired) electrons. The van der Waals surface area contributed by atoms with Gasteiger partial charge in [-0.25, -0.2) is 19.9 Å².